The van der Waals surface area contributed by atoms with E-state index in [9.17, 15) is 4.79 Å². The van der Waals surface area contributed by atoms with Crippen molar-refractivity contribution in [2.24, 2.45) is 5.73 Å². The largest absolute Gasteiger partial charge is 0.383 e. The Kier molecular flexibility index (Phi) is 6.51. The fraction of sp³-hybridized carbons (Fsp3) is 0.375. The van der Waals surface area contributed by atoms with Crippen LogP contribution in [0.2, 0.25) is 0 Å². The van der Waals surface area contributed by atoms with E-state index in [1.807, 2.05) is 30.3 Å². The summed E-state index contributed by atoms with van der Waals surface area (Å²) in [7, 11) is 1.63. The molecule has 0 radical (unpaired) electrons. The van der Waals surface area contributed by atoms with E-state index < -0.39 is 0 Å². The molecule has 2 rings (SSSR count). The second-order valence-electron chi connectivity index (χ2n) is 4.87. The first-order chi connectivity index (χ1) is 10.7. The SMILES string of the molecule is COCCN(Cc1ccccc1)C(=O)c1csc(CCN)n1. The lowest BCUT2D eigenvalue weighted by molar-refractivity contribution is 0.0675. The van der Waals surface area contributed by atoms with Crippen molar-refractivity contribution in [2.45, 2.75) is 13.0 Å². The lowest BCUT2D eigenvalue weighted by atomic mass is 10.2. The minimum absolute atomic E-state index is 0.0691. The first-order valence-electron chi connectivity index (χ1n) is 7.21. The summed E-state index contributed by atoms with van der Waals surface area (Å²) in [5.41, 5.74) is 7.10. The summed E-state index contributed by atoms with van der Waals surface area (Å²) in [6.07, 6.45) is 0.703. The number of nitrogens with zero attached hydrogens (tertiary/aromatic N) is 2. The van der Waals surface area contributed by atoms with Crippen molar-refractivity contribution in [3.63, 3.8) is 0 Å². The fourth-order valence-electron chi connectivity index (χ4n) is 2.07. The first kappa shape index (κ1) is 16.6. The number of benzene rings is 1. The minimum atomic E-state index is -0.0691. The monoisotopic (exact) mass is 319 g/mol. The van der Waals surface area contributed by atoms with Crippen molar-refractivity contribution in [3.05, 3.63) is 52.0 Å². The van der Waals surface area contributed by atoms with Crippen molar-refractivity contribution in [1.29, 1.82) is 0 Å². The Morgan fingerprint density at radius 2 is 2.14 bits per heavy atom. The van der Waals surface area contributed by atoms with E-state index in [4.69, 9.17) is 10.5 Å². The molecule has 0 unspecified atom stereocenters. The Hall–Kier alpha value is -1.76. The van der Waals surface area contributed by atoms with Crippen LogP contribution in [0.1, 0.15) is 21.1 Å². The number of ether oxygens (including phenoxy) is 1. The van der Waals surface area contributed by atoms with Gasteiger partial charge in [0, 0.05) is 32.0 Å². The maximum Gasteiger partial charge on any atom is 0.273 e. The maximum absolute atomic E-state index is 12.7. The van der Waals surface area contributed by atoms with Crippen molar-refractivity contribution < 1.29 is 9.53 Å². The van der Waals surface area contributed by atoms with Crippen LogP contribution in [0.25, 0.3) is 0 Å². The highest BCUT2D eigenvalue weighted by Gasteiger charge is 2.18. The molecule has 1 heterocycles. The van der Waals surface area contributed by atoms with Crippen LogP contribution >= 0.6 is 11.3 Å². The topological polar surface area (TPSA) is 68.5 Å². The average molecular weight is 319 g/mol. The molecule has 118 valence electrons. The lowest BCUT2D eigenvalue weighted by Crippen LogP contribution is -2.33. The average Bonchev–Trinajstić information content (AvgIpc) is 3.01. The van der Waals surface area contributed by atoms with E-state index >= 15 is 0 Å². The van der Waals surface area contributed by atoms with Crippen LogP contribution in [0, 0.1) is 0 Å². The number of rotatable bonds is 8. The molecule has 2 aromatic rings. The van der Waals surface area contributed by atoms with Gasteiger partial charge >= 0.3 is 0 Å². The van der Waals surface area contributed by atoms with Gasteiger partial charge in [-0.05, 0) is 12.1 Å². The Bertz CT molecular complexity index is 586. The molecule has 0 aliphatic carbocycles. The molecule has 1 amide bonds. The predicted octanol–water partition coefficient (Wildman–Crippen LogP) is 1.93. The maximum atomic E-state index is 12.7. The van der Waals surface area contributed by atoms with Gasteiger partial charge < -0.3 is 15.4 Å². The standard InChI is InChI=1S/C16H21N3O2S/c1-21-10-9-19(11-13-5-3-2-4-6-13)16(20)14-12-22-15(18-14)7-8-17/h2-6,12H,7-11,17H2,1H3. The molecule has 0 spiro atoms. The van der Waals surface area contributed by atoms with Crippen molar-refractivity contribution in [2.75, 3.05) is 26.8 Å². The summed E-state index contributed by atoms with van der Waals surface area (Å²) in [5.74, 6) is -0.0691. The highest BCUT2D eigenvalue weighted by atomic mass is 32.1. The molecule has 2 N–H and O–H groups in total. The van der Waals surface area contributed by atoms with Crippen LogP contribution < -0.4 is 5.73 Å². The summed E-state index contributed by atoms with van der Waals surface area (Å²) >= 11 is 1.48. The number of nitrogens with two attached hydrogens (primary N) is 1. The Morgan fingerprint density at radius 3 is 2.82 bits per heavy atom. The summed E-state index contributed by atoms with van der Waals surface area (Å²) in [4.78, 5) is 18.8. The highest BCUT2D eigenvalue weighted by Crippen LogP contribution is 2.14. The Balaban J connectivity index is 2.10. The van der Waals surface area contributed by atoms with Gasteiger partial charge in [-0.3, -0.25) is 4.79 Å². The molecule has 1 aromatic carbocycles. The smallest absolute Gasteiger partial charge is 0.273 e. The number of methoxy groups -OCH3 is 1. The molecule has 22 heavy (non-hydrogen) atoms. The van der Waals surface area contributed by atoms with Gasteiger partial charge in [-0.25, -0.2) is 4.98 Å². The number of hydrogen-bond donors (Lipinski definition) is 1. The molecule has 6 heteroatoms. The number of aromatic nitrogens is 1. The lowest BCUT2D eigenvalue weighted by Gasteiger charge is -2.21. The van der Waals surface area contributed by atoms with Gasteiger partial charge in [0.2, 0.25) is 0 Å². The van der Waals surface area contributed by atoms with Crippen molar-refractivity contribution >= 4 is 17.2 Å². The van der Waals surface area contributed by atoms with E-state index in [1.54, 1.807) is 17.4 Å². The third kappa shape index (κ3) is 4.62. The minimum Gasteiger partial charge on any atom is -0.383 e. The number of carbonyl (C=O) groups is 1. The molecule has 0 saturated carbocycles. The zero-order chi connectivity index (χ0) is 15.8. The summed E-state index contributed by atoms with van der Waals surface area (Å²) in [5, 5.41) is 2.70. The summed E-state index contributed by atoms with van der Waals surface area (Å²) in [6.45, 7) is 2.12. The van der Waals surface area contributed by atoms with E-state index in [-0.39, 0.29) is 5.91 Å². The van der Waals surface area contributed by atoms with Gasteiger partial charge in [-0.2, -0.15) is 0 Å². The van der Waals surface area contributed by atoms with Crippen LogP contribution in [0.15, 0.2) is 35.7 Å². The summed E-state index contributed by atoms with van der Waals surface area (Å²) < 4.78 is 5.11. The van der Waals surface area contributed by atoms with E-state index in [0.717, 1.165) is 10.6 Å². The zero-order valence-electron chi connectivity index (χ0n) is 12.7. The second kappa shape index (κ2) is 8.63. The van der Waals surface area contributed by atoms with Gasteiger partial charge in [0.15, 0.2) is 0 Å². The van der Waals surface area contributed by atoms with Crippen molar-refractivity contribution in [3.8, 4) is 0 Å². The second-order valence-corrected chi connectivity index (χ2v) is 5.81. The number of hydrogen-bond acceptors (Lipinski definition) is 5. The van der Waals surface area contributed by atoms with Gasteiger partial charge in [0.25, 0.3) is 5.91 Å². The Labute approximate surface area is 134 Å². The Morgan fingerprint density at radius 1 is 1.36 bits per heavy atom. The molecular formula is C16H21N3O2S. The van der Waals surface area contributed by atoms with Crippen LogP contribution in [0.5, 0.6) is 0 Å². The van der Waals surface area contributed by atoms with Gasteiger partial charge in [0.05, 0.1) is 11.6 Å². The number of carbonyl (C=O) groups excluding carboxylic acids is 1. The van der Waals surface area contributed by atoms with E-state index in [1.165, 1.54) is 11.3 Å². The van der Waals surface area contributed by atoms with Crippen LogP contribution in [-0.2, 0) is 17.7 Å². The molecule has 1 aromatic heterocycles. The van der Waals surface area contributed by atoms with E-state index in [2.05, 4.69) is 4.98 Å². The van der Waals surface area contributed by atoms with Crippen molar-refractivity contribution in [1.82, 2.24) is 9.88 Å². The molecule has 0 bridgehead atoms. The highest BCUT2D eigenvalue weighted by molar-refractivity contribution is 7.09. The quantitative estimate of drug-likeness (QED) is 0.807. The molecular weight excluding hydrogens is 298 g/mol. The molecule has 0 aliphatic heterocycles. The predicted molar refractivity (Wildman–Crippen MR) is 87.9 cm³/mol. The fourth-order valence-corrected chi connectivity index (χ4v) is 2.86. The molecule has 0 fully saturated rings. The third-order valence-electron chi connectivity index (χ3n) is 3.20. The third-order valence-corrected chi connectivity index (χ3v) is 4.11. The van der Waals surface area contributed by atoms with E-state index in [0.29, 0.717) is 38.4 Å². The summed E-state index contributed by atoms with van der Waals surface area (Å²) in [6, 6.07) is 9.92. The normalized spacial score (nSPS) is 10.6. The van der Waals surface area contributed by atoms with Crippen LogP contribution in [-0.4, -0.2) is 42.6 Å². The van der Waals surface area contributed by atoms with Gasteiger partial charge in [0.1, 0.15) is 5.69 Å². The molecule has 5 nitrogen and oxygen atoms in total. The van der Waals surface area contributed by atoms with Crippen LogP contribution in [0.4, 0.5) is 0 Å². The molecule has 0 aliphatic rings. The number of amides is 1. The first-order valence-corrected chi connectivity index (χ1v) is 8.09. The van der Waals surface area contributed by atoms with Gasteiger partial charge in [-0.15, -0.1) is 11.3 Å². The number of thiazole rings is 1. The van der Waals surface area contributed by atoms with Gasteiger partial charge in [-0.1, -0.05) is 30.3 Å². The van der Waals surface area contributed by atoms with Crippen LogP contribution in [0.3, 0.4) is 0 Å². The molecule has 0 atom stereocenters. The molecule has 0 saturated heterocycles. The zero-order valence-corrected chi connectivity index (χ0v) is 13.5.